The van der Waals surface area contributed by atoms with E-state index >= 15 is 0 Å². The minimum atomic E-state index is -0.370. The number of anilines is 2. The van der Waals surface area contributed by atoms with Crippen molar-refractivity contribution in [3.05, 3.63) is 63.0 Å². The lowest BCUT2D eigenvalue weighted by Crippen LogP contribution is -2.44. The summed E-state index contributed by atoms with van der Waals surface area (Å²) < 4.78 is 0. The maximum Gasteiger partial charge on any atom is 0.147 e. The molecule has 0 spiro atoms. The third kappa shape index (κ3) is 5.52. The fourth-order valence-electron chi connectivity index (χ4n) is 3.67. The Kier molecular flexibility index (Phi) is 7.40. The highest BCUT2D eigenvalue weighted by atomic mass is 35.5. The van der Waals surface area contributed by atoms with E-state index in [2.05, 4.69) is 28.0 Å². The molecule has 0 aromatic heterocycles. The molecule has 30 heavy (non-hydrogen) atoms. The number of aldehydes is 1. The van der Waals surface area contributed by atoms with Crippen LogP contribution in [0.5, 0.6) is 0 Å². The molecule has 1 aliphatic heterocycles. The number of halogens is 2. The predicted molar refractivity (Wildman–Crippen MR) is 132 cm³/mol. The second kappa shape index (κ2) is 9.65. The van der Waals surface area contributed by atoms with E-state index < -0.39 is 0 Å². The Balaban J connectivity index is 1.95. The summed E-state index contributed by atoms with van der Waals surface area (Å²) in [6.45, 7) is 5.50. The van der Waals surface area contributed by atoms with E-state index in [-0.39, 0.29) is 11.6 Å². The Morgan fingerprint density at radius 1 is 1.23 bits per heavy atom. The Hall–Kier alpha value is -1.66. The van der Waals surface area contributed by atoms with E-state index in [0.29, 0.717) is 16.6 Å². The molecule has 1 aliphatic rings. The van der Waals surface area contributed by atoms with E-state index in [1.54, 1.807) is 17.8 Å². The number of benzene rings is 2. The number of likely N-dealkylation sites (N-methyl/N-ethyl adjacent to an activating group) is 1. The normalized spacial score (nSPS) is 18.5. The number of nitrogens with zero attached hydrogens (tertiary/aromatic N) is 2. The topological polar surface area (TPSA) is 49.6 Å². The van der Waals surface area contributed by atoms with Crippen LogP contribution >= 0.6 is 35.0 Å². The van der Waals surface area contributed by atoms with Gasteiger partial charge >= 0.3 is 0 Å². The summed E-state index contributed by atoms with van der Waals surface area (Å²) in [4.78, 5) is 17.4. The van der Waals surface area contributed by atoms with Gasteiger partial charge in [0.1, 0.15) is 12.3 Å². The second-order valence-electron chi connectivity index (χ2n) is 8.17. The first kappa shape index (κ1) is 23.0. The highest BCUT2D eigenvalue weighted by Gasteiger charge is 2.28. The molecular weight excluding hydrogens is 437 g/mol. The van der Waals surface area contributed by atoms with E-state index in [0.717, 1.165) is 40.4 Å². The highest BCUT2D eigenvalue weighted by molar-refractivity contribution is 8.03. The van der Waals surface area contributed by atoms with Crippen molar-refractivity contribution in [1.29, 1.82) is 0 Å². The van der Waals surface area contributed by atoms with Gasteiger partial charge in [0.05, 0.1) is 10.0 Å². The largest absolute Gasteiger partial charge is 0.372 e. The molecule has 4 nitrogen and oxygen atoms in total. The first-order chi connectivity index (χ1) is 14.2. The molecule has 0 saturated carbocycles. The first-order valence-corrected chi connectivity index (χ1v) is 11.5. The SMILES string of the molecule is CN(CC(C)(C)N)c1ccccc1C=C1SCCN(c2ccc(Cl)c(Cl)c2)C1C=O. The van der Waals surface area contributed by atoms with Crippen molar-refractivity contribution in [2.75, 3.05) is 35.7 Å². The van der Waals surface area contributed by atoms with Gasteiger partial charge in [0, 0.05) is 47.7 Å². The molecule has 2 aromatic carbocycles. The zero-order chi connectivity index (χ0) is 21.9. The van der Waals surface area contributed by atoms with E-state index in [1.807, 2.05) is 45.2 Å². The average molecular weight is 464 g/mol. The van der Waals surface area contributed by atoms with Crippen molar-refractivity contribution in [3.63, 3.8) is 0 Å². The Morgan fingerprint density at radius 3 is 2.63 bits per heavy atom. The van der Waals surface area contributed by atoms with Gasteiger partial charge in [-0.05, 0) is 49.8 Å². The van der Waals surface area contributed by atoms with Gasteiger partial charge in [-0.3, -0.25) is 0 Å². The molecule has 2 aromatic rings. The van der Waals surface area contributed by atoms with Crippen LogP contribution in [0.3, 0.4) is 0 Å². The summed E-state index contributed by atoms with van der Waals surface area (Å²) in [6, 6.07) is 13.3. The monoisotopic (exact) mass is 463 g/mol. The van der Waals surface area contributed by atoms with Crippen LogP contribution in [-0.2, 0) is 4.79 Å². The lowest BCUT2D eigenvalue weighted by Gasteiger charge is -2.36. The fourth-order valence-corrected chi connectivity index (χ4v) is 5.05. The maximum absolute atomic E-state index is 12.1. The van der Waals surface area contributed by atoms with Gasteiger partial charge in [0.15, 0.2) is 0 Å². The molecule has 0 aliphatic carbocycles. The number of nitrogens with two attached hydrogens (primary N) is 1. The molecule has 0 radical (unpaired) electrons. The zero-order valence-corrected chi connectivity index (χ0v) is 19.8. The van der Waals surface area contributed by atoms with Gasteiger partial charge in [-0.1, -0.05) is 41.4 Å². The summed E-state index contributed by atoms with van der Waals surface area (Å²) in [5, 5.41) is 0.990. The maximum atomic E-state index is 12.1. The van der Waals surface area contributed by atoms with Gasteiger partial charge in [-0.15, -0.1) is 11.8 Å². The smallest absolute Gasteiger partial charge is 0.147 e. The molecule has 1 atom stereocenters. The van der Waals surface area contributed by atoms with Crippen molar-refractivity contribution in [3.8, 4) is 0 Å². The summed E-state index contributed by atoms with van der Waals surface area (Å²) in [6.07, 6.45) is 3.11. The van der Waals surface area contributed by atoms with E-state index in [9.17, 15) is 4.79 Å². The molecular formula is C23H27Cl2N3OS. The van der Waals surface area contributed by atoms with Crippen LogP contribution in [0.25, 0.3) is 6.08 Å². The summed E-state index contributed by atoms with van der Waals surface area (Å²) >= 11 is 14.0. The van der Waals surface area contributed by atoms with Crippen molar-refractivity contribution in [2.24, 2.45) is 5.73 Å². The van der Waals surface area contributed by atoms with Gasteiger partial charge in [-0.25, -0.2) is 0 Å². The number of para-hydroxylation sites is 1. The Labute approximate surface area is 193 Å². The average Bonchev–Trinajstić information content (AvgIpc) is 2.69. The van der Waals surface area contributed by atoms with E-state index in [1.165, 1.54) is 0 Å². The zero-order valence-electron chi connectivity index (χ0n) is 17.4. The number of hydrogen-bond donors (Lipinski definition) is 1. The first-order valence-electron chi connectivity index (χ1n) is 9.80. The van der Waals surface area contributed by atoms with Crippen LogP contribution in [-0.4, -0.2) is 43.8 Å². The predicted octanol–water partition coefficient (Wildman–Crippen LogP) is 5.33. The van der Waals surface area contributed by atoms with Crippen LogP contribution < -0.4 is 15.5 Å². The lowest BCUT2D eigenvalue weighted by atomic mass is 10.0. The van der Waals surface area contributed by atoms with Crippen LogP contribution in [0.1, 0.15) is 19.4 Å². The Morgan fingerprint density at radius 2 is 1.97 bits per heavy atom. The van der Waals surface area contributed by atoms with Crippen molar-refractivity contribution >= 4 is 58.7 Å². The lowest BCUT2D eigenvalue weighted by molar-refractivity contribution is -0.108. The molecule has 1 fully saturated rings. The quantitative estimate of drug-likeness (QED) is 0.586. The number of rotatable bonds is 6. The molecule has 1 saturated heterocycles. The van der Waals surface area contributed by atoms with Crippen molar-refractivity contribution in [2.45, 2.75) is 25.4 Å². The molecule has 0 bridgehead atoms. The summed E-state index contributed by atoms with van der Waals surface area (Å²) in [5.74, 6) is 0.879. The van der Waals surface area contributed by atoms with Crippen molar-refractivity contribution < 1.29 is 4.79 Å². The molecule has 1 unspecified atom stereocenters. The molecule has 3 rings (SSSR count). The minimum absolute atomic E-state index is 0.315. The Bertz CT molecular complexity index is 942. The second-order valence-corrected chi connectivity index (χ2v) is 10.2. The molecule has 160 valence electrons. The van der Waals surface area contributed by atoms with Gasteiger partial charge in [-0.2, -0.15) is 0 Å². The molecule has 0 amide bonds. The number of hydrogen-bond acceptors (Lipinski definition) is 5. The highest BCUT2D eigenvalue weighted by Crippen LogP contribution is 2.36. The molecule has 7 heteroatoms. The minimum Gasteiger partial charge on any atom is -0.372 e. The standard InChI is InChI=1S/C23H27Cl2N3OS/c1-23(2,26)15-27(3)20-7-5-4-6-16(20)12-22-21(14-29)28(10-11-30-22)17-8-9-18(24)19(25)13-17/h4-9,12-14,21H,10-11,15,26H2,1-3H3. The third-order valence-electron chi connectivity index (χ3n) is 4.88. The fraction of sp³-hybridized carbons (Fsp3) is 0.348. The number of carbonyl (C=O) groups is 1. The third-order valence-corrected chi connectivity index (χ3v) is 6.70. The summed E-state index contributed by atoms with van der Waals surface area (Å²) in [7, 11) is 2.04. The van der Waals surface area contributed by atoms with Gasteiger partial charge in [0.2, 0.25) is 0 Å². The van der Waals surface area contributed by atoms with Gasteiger partial charge < -0.3 is 20.3 Å². The van der Waals surface area contributed by atoms with Crippen LogP contribution in [0.15, 0.2) is 47.4 Å². The van der Waals surface area contributed by atoms with Crippen molar-refractivity contribution in [1.82, 2.24) is 0 Å². The summed E-state index contributed by atoms with van der Waals surface area (Å²) in [5.41, 5.74) is 8.95. The van der Waals surface area contributed by atoms with Crippen LogP contribution in [0, 0.1) is 0 Å². The number of carbonyl (C=O) groups excluding carboxylic acids is 1. The molecule has 2 N–H and O–H groups in total. The number of thioether (sulfide) groups is 1. The van der Waals surface area contributed by atoms with Gasteiger partial charge in [0.25, 0.3) is 0 Å². The molecule has 1 heterocycles. The van der Waals surface area contributed by atoms with E-state index in [4.69, 9.17) is 28.9 Å². The van der Waals surface area contributed by atoms with Crippen LogP contribution in [0.4, 0.5) is 11.4 Å². The van der Waals surface area contributed by atoms with Crippen LogP contribution in [0.2, 0.25) is 10.0 Å².